The lowest BCUT2D eigenvalue weighted by Gasteiger charge is -2.36. The van der Waals surface area contributed by atoms with Crippen molar-refractivity contribution in [2.24, 2.45) is 0 Å². The Morgan fingerprint density at radius 1 is 0.778 bits per heavy atom. The number of esters is 1. The minimum absolute atomic E-state index is 0.00718. The average Bonchev–Trinajstić information content (AvgIpc) is 3.42. The highest BCUT2D eigenvalue weighted by molar-refractivity contribution is 7.80. The fourth-order valence-electron chi connectivity index (χ4n) is 6.68. The molecule has 0 aromatic heterocycles. The predicted molar refractivity (Wildman–Crippen MR) is 204 cm³/mol. The molecule has 5 N–H and O–H groups in total. The van der Waals surface area contributed by atoms with E-state index in [0.29, 0.717) is 104 Å². The quantitative estimate of drug-likeness (QED) is 0.0472. The highest BCUT2D eigenvalue weighted by Crippen LogP contribution is 2.57. The van der Waals surface area contributed by atoms with Crippen LogP contribution in [0.4, 0.5) is 10.5 Å². The number of aromatic hydroxyl groups is 2. The first-order valence-corrected chi connectivity index (χ1v) is 18.8. The van der Waals surface area contributed by atoms with Crippen molar-refractivity contribution >= 4 is 35.1 Å². The molecule has 1 amide bonds. The standard InChI is InChI=1S/C40H47N3O10S/c44-28-11-14-33-35(25-28)52-36-26-29(45)12-15-34(36)40(33)32-13-10-27(24-31(32)37(46)53-40)43-38(54)41-16-6-18-48-20-22-50-23-21-49-19-7-17-42-39(47)51-30-8-4-2-1-3-5-9-30/h1-2,10-15,24-26,30,44-45H,3-9,16-23H2,(H,42,47)(H2,41,43,54)/b2-1-. The van der Waals surface area contributed by atoms with Crippen LogP contribution in [0.15, 0.2) is 66.7 Å². The number of alkyl carbamates (subject to hydrolysis) is 1. The number of anilines is 1. The third kappa shape index (κ3) is 9.80. The SMILES string of the molecule is O=C(NCCCOCCOCCOCCCNC(=S)Nc1ccc2c(c1)C(=O)OC21c2ccc(O)cc2Oc2cc(O)ccc21)OC1CC/C=C\CCC1. The molecule has 3 aromatic carbocycles. The zero-order valence-electron chi connectivity index (χ0n) is 30.1. The Kier molecular flexibility index (Phi) is 13.6. The summed E-state index contributed by atoms with van der Waals surface area (Å²) in [4.78, 5) is 25.4. The first kappa shape index (κ1) is 38.8. The number of carbonyl (C=O) groups is 2. The molecule has 3 aliphatic rings. The second kappa shape index (κ2) is 18.9. The lowest BCUT2D eigenvalue weighted by atomic mass is 9.77. The molecule has 1 unspecified atom stereocenters. The molecule has 0 fully saturated rings. The van der Waals surface area contributed by atoms with Crippen LogP contribution in [0.2, 0.25) is 0 Å². The van der Waals surface area contributed by atoms with Crippen molar-refractivity contribution in [3.8, 4) is 23.0 Å². The molecule has 0 bridgehead atoms. The van der Waals surface area contributed by atoms with Crippen LogP contribution in [0.5, 0.6) is 23.0 Å². The normalized spacial score (nSPS) is 17.1. The summed E-state index contributed by atoms with van der Waals surface area (Å²) in [6.07, 6.45) is 10.2. The van der Waals surface area contributed by atoms with Gasteiger partial charge < -0.3 is 54.6 Å². The van der Waals surface area contributed by atoms with Crippen molar-refractivity contribution in [3.63, 3.8) is 0 Å². The van der Waals surface area contributed by atoms with Crippen LogP contribution in [0.25, 0.3) is 0 Å². The van der Waals surface area contributed by atoms with Crippen LogP contribution >= 0.6 is 12.2 Å². The van der Waals surface area contributed by atoms with E-state index in [9.17, 15) is 19.8 Å². The van der Waals surface area contributed by atoms with E-state index in [1.54, 1.807) is 18.2 Å². The van der Waals surface area contributed by atoms with Gasteiger partial charge in [-0.2, -0.15) is 0 Å². The van der Waals surface area contributed by atoms with E-state index in [0.717, 1.165) is 38.5 Å². The first-order chi connectivity index (χ1) is 26.3. The summed E-state index contributed by atoms with van der Waals surface area (Å²) in [5.74, 6) is 0.0969. The lowest BCUT2D eigenvalue weighted by Crippen LogP contribution is -2.33. The molecule has 1 atom stereocenters. The molecule has 1 spiro atoms. The van der Waals surface area contributed by atoms with Gasteiger partial charge in [-0.05, 0) is 93.6 Å². The summed E-state index contributed by atoms with van der Waals surface area (Å²) < 4.78 is 34.4. The summed E-state index contributed by atoms with van der Waals surface area (Å²) in [6, 6.07) is 14.6. The van der Waals surface area contributed by atoms with Gasteiger partial charge in [0, 0.05) is 60.8 Å². The number of fused-ring (bicyclic) bond motifs is 6. The molecule has 2 aliphatic heterocycles. The Labute approximate surface area is 319 Å². The van der Waals surface area contributed by atoms with Gasteiger partial charge in [0.2, 0.25) is 0 Å². The van der Waals surface area contributed by atoms with Crippen molar-refractivity contribution < 1.29 is 48.2 Å². The highest BCUT2D eigenvalue weighted by atomic mass is 32.1. The molecule has 2 heterocycles. The third-order valence-corrected chi connectivity index (χ3v) is 9.50. The average molecular weight is 762 g/mol. The molecule has 288 valence electrons. The Hall–Kier alpha value is -4.89. The van der Waals surface area contributed by atoms with Crippen LogP contribution in [0.1, 0.15) is 72.0 Å². The van der Waals surface area contributed by atoms with Crippen molar-refractivity contribution in [2.45, 2.75) is 56.7 Å². The number of rotatable bonds is 16. The lowest BCUT2D eigenvalue weighted by molar-refractivity contribution is 0.0139. The number of thiocarbonyl (C=S) groups is 1. The number of phenols is 2. The van der Waals surface area contributed by atoms with Crippen LogP contribution < -0.4 is 20.7 Å². The van der Waals surface area contributed by atoms with E-state index in [-0.39, 0.29) is 23.7 Å². The number of nitrogens with one attached hydrogen (secondary N) is 3. The number of phenolic OH excluding ortho intramolecular Hbond substituents is 2. The van der Waals surface area contributed by atoms with E-state index >= 15 is 0 Å². The molecule has 0 saturated carbocycles. The van der Waals surface area contributed by atoms with Gasteiger partial charge in [-0.15, -0.1) is 0 Å². The predicted octanol–water partition coefficient (Wildman–Crippen LogP) is 6.40. The maximum absolute atomic E-state index is 13.3. The number of hydrogen-bond acceptors (Lipinski definition) is 11. The second-order valence-electron chi connectivity index (χ2n) is 13.2. The van der Waals surface area contributed by atoms with Crippen LogP contribution in [0.3, 0.4) is 0 Å². The number of amides is 1. The fraction of sp³-hybridized carbons (Fsp3) is 0.425. The van der Waals surface area contributed by atoms with Crippen LogP contribution in [-0.4, -0.2) is 86.2 Å². The number of benzene rings is 3. The summed E-state index contributed by atoms with van der Waals surface area (Å²) in [7, 11) is 0. The van der Waals surface area contributed by atoms with Gasteiger partial charge in [-0.3, -0.25) is 0 Å². The van der Waals surface area contributed by atoms with Gasteiger partial charge in [0.05, 0.1) is 32.0 Å². The summed E-state index contributed by atoms with van der Waals surface area (Å²) in [5.41, 5.74) is 1.36. The zero-order valence-corrected chi connectivity index (χ0v) is 30.9. The second-order valence-corrected chi connectivity index (χ2v) is 13.6. The third-order valence-electron chi connectivity index (χ3n) is 9.25. The topological polar surface area (TPSA) is 166 Å². The molecule has 13 nitrogen and oxygen atoms in total. The number of ether oxygens (including phenoxy) is 6. The maximum atomic E-state index is 13.3. The molecule has 0 radical (unpaired) electrons. The van der Waals surface area contributed by atoms with E-state index in [1.807, 2.05) is 12.1 Å². The molecule has 54 heavy (non-hydrogen) atoms. The van der Waals surface area contributed by atoms with E-state index < -0.39 is 11.6 Å². The molecule has 3 aromatic rings. The van der Waals surface area contributed by atoms with E-state index in [1.165, 1.54) is 24.3 Å². The Balaban J connectivity index is 0.832. The number of carbonyl (C=O) groups excluding carboxylic acids is 2. The van der Waals surface area contributed by atoms with Crippen LogP contribution in [0, 0.1) is 0 Å². The molecule has 1 aliphatic carbocycles. The Morgan fingerprint density at radius 3 is 2.07 bits per heavy atom. The smallest absolute Gasteiger partial charge is 0.407 e. The molecular weight excluding hydrogens is 715 g/mol. The molecule has 6 rings (SSSR count). The summed E-state index contributed by atoms with van der Waals surface area (Å²) in [5, 5.41) is 29.7. The Morgan fingerprint density at radius 2 is 1.39 bits per heavy atom. The summed E-state index contributed by atoms with van der Waals surface area (Å²) in [6.45, 7) is 3.98. The van der Waals surface area contributed by atoms with Gasteiger partial charge in [0.15, 0.2) is 10.7 Å². The van der Waals surface area contributed by atoms with Gasteiger partial charge in [-0.1, -0.05) is 18.2 Å². The van der Waals surface area contributed by atoms with E-state index in [2.05, 4.69) is 28.1 Å². The Bertz CT molecular complexity index is 1770. The molecule has 14 heteroatoms. The first-order valence-electron chi connectivity index (χ1n) is 18.4. The van der Waals surface area contributed by atoms with Crippen molar-refractivity contribution in [3.05, 3.63) is 89.0 Å². The molecular formula is C40H47N3O10S. The summed E-state index contributed by atoms with van der Waals surface area (Å²) >= 11 is 5.48. The van der Waals surface area contributed by atoms with Crippen molar-refractivity contribution in [1.82, 2.24) is 10.6 Å². The fourth-order valence-corrected chi connectivity index (χ4v) is 6.90. The molecule has 0 saturated heterocycles. The minimum atomic E-state index is -1.32. The monoisotopic (exact) mass is 761 g/mol. The van der Waals surface area contributed by atoms with Gasteiger partial charge in [-0.25, -0.2) is 9.59 Å². The van der Waals surface area contributed by atoms with Gasteiger partial charge >= 0.3 is 12.1 Å². The maximum Gasteiger partial charge on any atom is 0.407 e. The minimum Gasteiger partial charge on any atom is -0.508 e. The van der Waals surface area contributed by atoms with E-state index in [4.69, 9.17) is 40.6 Å². The number of allylic oxidation sites excluding steroid dienone is 2. The van der Waals surface area contributed by atoms with Crippen molar-refractivity contribution in [2.75, 3.05) is 58.0 Å². The highest BCUT2D eigenvalue weighted by Gasteiger charge is 2.53. The van der Waals surface area contributed by atoms with Gasteiger partial charge in [0.25, 0.3) is 0 Å². The van der Waals surface area contributed by atoms with Gasteiger partial charge in [0.1, 0.15) is 29.1 Å². The number of hydrogen-bond donors (Lipinski definition) is 5. The largest absolute Gasteiger partial charge is 0.508 e. The van der Waals surface area contributed by atoms with Crippen LogP contribution in [-0.2, 0) is 29.3 Å². The van der Waals surface area contributed by atoms with Crippen molar-refractivity contribution in [1.29, 1.82) is 0 Å². The zero-order chi connectivity index (χ0) is 37.8.